The van der Waals surface area contributed by atoms with Crippen molar-refractivity contribution < 1.29 is 32.9 Å². The molecule has 3 N–H and O–H groups in total. The molecule has 1 heterocycles. The molecule has 7 nitrogen and oxygen atoms in total. The van der Waals surface area contributed by atoms with E-state index in [1.165, 1.54) is 12.1 Å². The minimum absolute atomic E-state index is 0.00745. The van der Waals surface area contributed by atoms with Crippen molar-refractivity contribution in [2.24, 2.45) is 0 Å². The van der Waals surface area contributed by atoms with Gasteiger partial charge in [-0.2, -0.15) is 0 Å². The van der Waals surface area contributed by atoms with Gasteiger partial charge in [0.2, 0.25) is 0 Å². The zero-order valence-corrected chi connectivity index (χ0v) is 21.4. The number of rotatable bonds is 9. The second-order valence-electron chi connectivity index (χ2n) is 10.3. The molecule has 1 aliphatic rings. The number of benzene rings is 2. The highest BCUT2D eigenvalue weighted by Crippen LogP contribution is 2.35. The molecular formula is C27H36F2N2O5. The first kappa shape index (κ1) is 27.7. The number of hydrogen-bond acceptors (Lipinski definition) is 6. The molecule has 0 aliphatic carbocycles. The van der Waals surface area contributed by atoms with Gasteiger partial charge in [-0.25, -0.2) is 13.6 Å². The quantitative estimate of drug-likeness (QED) is 0.458. The van der Waals surface area contributed by atoms with Gasteiger partial charge in [0.05, 0.1) is 24.9 Å². The van der Waals surface area contributed by atoms with Crippen molar-refractivity contribution in [3.8, 4) is 11.5 Å². The smallest absolute Gasteiger partial charge is 0.407 e. The van der Waals surface area contributed by atoms with Gasteiger partial charge in [-0.15, -0.1) is 0 Å². The first-order valence-electron chi connectivity index (χ1n) is 12.2. The maximum Gasteiger partial charge on any atom is 0.407 e. The van der Waals surface area contributed by atoms with E-state index in [1.807, 2.05) is 32.0 Å². The number of alkyl carbamates (subject to hydrolysis) is 1. The van der Waals surface area contributed by atoms with E-state index in [0.717, 1.165) is 23.1 Å². The zero-order chi connectivity index (χ0) is 26.5. The predicted molar refractivity (Wildman–Crippen MR) is 132 cm³/mol. The van der Waals surface area contributed by atoms with E-state index in [-0.39, 0.29) is 25.1 Å². The van der Waals surface area contributed by atoms with Crippen molar-refractivity contribution in [3.05, 3.63) is 59.2 Å². The second kappa shape index (κ2) is 11.9. The number of hydrogen-bond donors (Lipinski definition) is 3. The molecule has 0 saturated heterocycles. The van der Waals surface area contributed by atoms with Gasteiger partial charge in [-0.05, 0) is 76.9 Å². The third-order valence-corrected chi connectivity index (χ3v) is 5.51. The fourth-order valence-corrected chi connectivity index (χ4v) is 4.06. The summed E-state index contributed by atoms with van der Waals surface area (Å²) in [5.41, 5.74) is 0.472. The lowest BCUT2D eigenvalue weighted by Gasteiger charge is -2.31. The molecule has 3 atom stereocenters. The Morgan fingerprint density at radius 1 is 1.17 bits per heavy atom. The fraction of sp³-hybridized carbons (Fsp3) is 0.519. The van der Waals surface area contributed by atoms with Crippen molar-refractivity contribution in [2.45, 2.75) is 77.4 Å². The highest BCUT2D eigenvalue weighted by atomic mass is 19.1. The Kier molecular flexibility index (Phi) is 9.13. The summed E-state index contributed by atoms with van der Waals surface area (Å²) < 4.78 is 44.4. The summed E-state index contributed by atoms with van der Waals surface area (Å²) in [6.07, 6.45) is -1.11. The highest BCUT2D eigenvalue weighted by Gasteiger charge is 2.28. The van der Waals surface area contributed by atoms with E-state index < -0.39 is 35.5 Å². The summed E-state index contributed by atoms with van der Waals surface area (Å²) in [6, 6.07) is 7.80. The van der Waals surface area contributed by atoms with Gasteiger partial charge in [-0.3, -0.25) is 0 Å². The van der Waals surface area contributed by atoms with Gasteiger partial charge in [0, 0.05) is 30.6 Å². The molecule has 1 amide bonds. The van der Waals surface area contributed by atoms with Crippen LogP contribution in [0.5, 0.6) is 11.5 Å². The van der Waals surface area contributed by atoms with Crippen molar-refractivity contribution in [1.82, 2.24) is 10.6 Å². The second-order valence-corrected chi connectivity index (χ2v) is 10.3. The van der Waals surface area contributed by atoms with E-state index in [0.29, 0.717) is 18.6 Å². The molecule has 0 saturated carbocycles. The number of amides is 1. The van der Waals surface area contributed by atoms with Crippen molar-refractivity contribution in [1.29, 1.82) is 0 Å². The van der Waals surface area contributed by atoms with Crippen molar-refractivity contribution in [2.75, 3.05) is 13.2 Å². The summed E-state index contributed by atoms with van der Waals surface area (Å²) in [7, 11) is 0. The number of aliphatic hydroxyl groups excluding tert-OH is 1. The Morgan fingerprint density at radius 2 is 1.86 bits per heavy atom. The number of nitrogens with one attached hydrogen (secondary N) is 2. The van der Waals surface area contributed by atoms with Crippen LogP contribution in [0, 0.1) is 11.6 Å². The van der Waals surface area contributed by atoms with Crippen LogP contribution < -0.4 is 20.1 Å². The molecule has 9 heteroatoms. The van der Waals surface area contributed by atoms with E-state index in [2.05, 4.69) is 10.6 Å². The largest absolute Gasteiger partial charge is 0.493 e. The highest BCUT2D eigenvalue weighted by molar-refractivity contribution is 5.68. The average Bonchev–Trinajstić information content (AvgIpc) is 2.74. The SMILES string of the molecule is CC(C)Oc1ccc2c(c1)[C@@H](NCC(O)C(Cc1cc(F)cc(F)c1)NC(=O)OC(C)(C)C)CCO2. The normalized spacial score (nSPS) is 17.1. The number of aliphatic hydroxyl groups is 1. The van der Waals surface area contributed by atoms with Crippen LogP contribution in [-0.2, 0) is 11.2 Å². The molecule has 1 aliphatic heterocycles. The molecule has 0 bridgehead atoms. The number of carbonyl (C=O) groups excluding carboxylic acids is 1. The Morgan fingerprint density at radius 3 is 2.50 bits per heavy atom. The molecule has 2 aromatic rings. The third kappa shape index (κ3) is 8.34. The molecule has 0 radical (unpaired) electrons. The van der Waals surface area contributed by atoms with Crippen molar-refractivity contribution >= 4 is 6.09 Å². The molecule has 198 valence electrons. The molecule has 2 unspecified atom stereocenters. The summed E-state index contributed by atoms with van der Waals surface area (Å²) >= 11 is 0. The maximum absolute atomic E-state index is 13.8. The Bertz CT molecular complexity index is 1020. The van der Waals surface area contributed by atoms with Gasteiger partial charge >= 0.3 is 6.09 Å². The Hall–Kier alpha value is -2.91. The summed E-state index contributed by atoms with van der Waals surface area (Å²) in [5.74, 6) is 0.000873. The van der Waals surface area contributed by atoms with Crippen LogP contribution in [0.4, 0.5) is 13.6 Å². The number of halogens is 2. The van der Waals surface area contributed by atoms with Crippen LogP contribution in [0.25, 0.3) is 0 Å². The van der Waals surface area contributed by atoms with Gasteiger partial charge in [0.1, 0.15) is 28.7 Å². The molecule has 36 heavy (non-hydrogen) atoms. The lowest BCUT2D eigenvalue weighted by atomic mass is 9.98. The lowest BCUT2D eigenvalue weighted by Crippen LogP contribution is -2.50. The summed E-state index contributed by atoms with van der Waals surface area (Å²) in [6.45, 7) is 9.68. The molecule has 2 aromatic carbocycles. The fourth-order valence-electron chi connectivity index (χ4n) is 4.06. The standard InChI is InChI=1S/C27H36F2N2O5/c1-16(2)35-20-6-7-25-21(14-20)22(8-9-34-25)30-15-24(32)23(31-26(33)36-27(3,4)5)12-17-10-18(28)13-19(29)11-17/h6-7,10-11,13-14,16,22-24,30,32H,8-9,12,15H2,1-5H3,(H,31,33)/t22-,23?,24?/m0/s1. The van der Waals surface area contributed by atoms with E-state index in [9.17, 15) is 18.7 Å². The van der Waals surface area contributed by atoms with E-state index in [4.69, 9.17) is 14.2 Å². The number of fused-ring (bicyclic) bond motifs is 1. The first-order chi connectivity index (χ1) is 16.9. The molecule has 0 aromatic heterocycles. The van der Waals surface area contributed by atoms with Crippen LogP contribution in [0.3, 0.4) is 0 Å². The minimum Gasteiger partial charge on any atom is -0.493 e. The number of ether oxygens (including phenoxy) is 3. The lowest BCUT2D eigenvalue weighted by molar-refractivity contribution is 0.0418. The van der Waals surface area contributed by atoms with Crippen LogP contribution in [0.15, 0.2) is 36.4 Å². The predicted octanol–water partition coefficient (Wildman–Crippen LogP) is 4.66. The number of carbonyl (C=O) groups is 1. The zero-order valence-electron chi connectivity index (χ0n) is 21.4. The average molecular weight is 507 g/mol. The Balaban J connectivity index is 1.73. The molecule has 0 spiro atoms. The van der Waals surface area contributed by atoms with Gasteiger partial charge in [0.25, 0.3) is 0 Å². The maximum atomic E-state index is 13.8. The van der Waals surface area contributed by atoms with Crippen LogP contribution >= 0.6 is 0 Å². The molecule has 0 fully saturated rings. The third-order valence-electron chi connectivity index (χ3n) is 5.51. The molecular weight excluding hydrogens is 470 g/mol. The van der Waals surface area contributed by atoms with E-state index >= 15 is 0 Å². The van der Waals surface area contributed by atoms with Gasteiger partial charge in [-0.1, -0.05) is 0 Å². The van der Waals surface area contributed by atoms with Crippen molar-refractivity contribution in [3.63, 3.8) is 0 Å². The summed E-state index contributed by atoms with van der Waals surface area (Å²) in [5, 5.41) is 17.0. The van der Waals surface area contributed by atoms with Gasteiger partial charge < -0.3 is 30.0 Å². The van der Waals surface area contributed by atoms with Crippen LogP contribution in [-0.4, -0.2) is 48.2 Å². The van der Waals surface area contributed by atoms with Gasteiger partial charge in [0.15, 0.2) is 0 Å². The minimum atomic E-state index is -1.08. The monoisotopic (exact) mass is 506 g/mol. The van der Waals surface area contributed by atoms with Crippen LogP contribution in [0.2, 0.25) is 0 Å². The summed E-state index contributed by atoms with van der Waals surface area (Å²) in [4.78, 5) is 12.4. The van der Waals surface area contributed by atoms with Crippen LogP contribution in [0.1, 0.15) is 58.2 Å². The molecule has 3 rings (SSSR count). The first-order valence-corrected chi connectivity index (χ1v) is 12.2. The topological polar surface area (TPSA) is 89.1 Å². The Labute approximate surface area is 211 Å². The van der Waals surface area contributed by atoms with E-state index in [1.54, 1.807) is 20.8 Å².